The minimum Gasteiger partial charge on any atom is -0.384 e. The van der Waals surface area contributed by atoms with Crippen LogP contribution in [0.1, 0.15) is 37.0 Å². The van der Waals surface area contributed by atoms with Gasteiger partial charge in [-0.05, 0) is 31.2 Å². The van der Waals surface area contributed by atoms with Gasteiger partial charge in [0.15, 0.2) is 5.78 Å². The molecule has 0 radical (unpaired) electrons. The van der Waals surface area contributed by atoms with Gasteiger partial charge < -0.3 is 5.73 Å². The SMILES string of the molecule is CC(C)Cn1c(N)c(C(=O)CN2CCCC(CNS(C)(=O)=O)C2)c(=O)n(C)c1=O. The van der Waals surface area contributed by atoms with E-state index in [-0.39, 0.29) is 29.8 Å². The van der Waals surface area contributed by atoms with Crippen LogP contribution < -0.4 is 21.7 Å². The van der Waals surface area contributed by atoms with Crippen molar-refractivity contribution in [2.75, 3.05) is 38.2 Å². The van der Waals surface area contributed by atoms with Gasteiger partial charge in [-0.25, -0.2) is 17.9 Å². The third-order valence-corrected chi connectivity index (χ3v) is 5.71. The van der Waals surface area contributed by atoms with Gasteiger partial charge in [0, 0.05) is 26.7 Å². The Hall–Kier alpha value is -1.98. The number of nitrogens with zero attached hydrogens (tertiary/aromatic N) is 3. The van der Waals surface area contributed by atoms with Crippen molar-refractivity contribution in [2.45, 2.75) is 33.2 Å². The van der Waals surface area contributed by atoms with Gasteiger partial charge in [-0.1, -0.05) is 13.8 Å². The largest absolute Gasteiger partial charge is 0.384 e. The Morgan fingerprint density at radius 2 is 1.97 bits per heavy atom. The molecule has 2 heterocycles. The van der Waals surface area contributed by atoms with Crippen LogP contribution in [-0.4, -0.2) is 60.7 Å². The van der Waals surface area contributed by atoms with Gasteiger partial charge in [0.1, 0.15) is 11.4 Å². The summed E-state index contributed by atoms with van der Waals surface area (Å²) in [7, 11) is -1.93. The lowest BCUT2D eigenvalue weighted by atomic mass is 9.98. The molecule has 1 saturated heterocycles. The first kappa shape index (κ1) is 23.3. The smallest absolute Gasteiger partial charge is 0.332 e. The molecule has 164 valence electrons. The van der Waals surface area contributed by atoms with Crippen molar-refractivity contribution >= 4 is 21.6 Å². The second-order valence-electron chi connectivity index (χ2n) is 8.20. The number of sulfonamides is 1. The zero-order valence-corrected chi connectivity index (χ0v) is 18.3. The van der Waals surface area contributed by atoms with E-state index in [0.29, 0.717) is 26.2 Å². The second-order valence-corrected chi connectivity index (χ2v) is 10.0. The molecule has 3 N–H and O–H groups in total. The molecule has 10 nitrogen and oxygen atoms in total. The number of carbonyl (C=O) groups excluding carboxylic acids is 1. The van der Waals surface area contributed by atoms with Crippen LogP contribution >= 0.6 is 0 Å². The van der Waals surface area contributed by atoms with Crippen LogP contribution in [0.4, 0.5) is 5.82 Å². The highest BCUT2D eigenvalue weighted by Gasteiger charge is 2.26. The van der Waals surface area contributed by atoms with Crippen LogP contribution in [-0.2, 0) is 23.6 Å². The van der Waals surface area contributed by atoms with Crippen molar-refractivity contribution in [3.63, 3.8) is 0 Å². The number of anilines is 1. The minimum atomic E-state index is -3.27. The molecule has 0 amide bonds. The van der Waals surface area contributed by atoms with Gasteiger partial charge in [-0.15, -0.1) is 0 Å². The molecule has 11 heteroatoms. The summed E-state index contributed by atoms with van der Waals surface area (Å²) in [6.45, 7) is 5.66. The lowest BCUT2D eigenvalue weighted by Crippen LogP contribution is -2.46. The third kappa shape index (κ3) is 6.00. The fourth-order valence-electron chi connectivity index (χ4n) is 3.60. The number of nitrogens with two attached hydrogens (primary N) is 1. The summed E-state index contributed by atoms with van der Waals surface area (Å²) in [5.41, 5.74) is 4.67. The highest BCUT2D eigenvalue weighted by atomic mass is 32.2. The van der Waals surface area contributed by atoms with E-state index < -0.39 is 27.1 Å². The summed E-state index contributed by atoms with van der Waals surface area (Å²) in [6, 6.07) is 0. The molecular formula is C18H31N5O5S. The Kier molecular flexibility index (Phi) is 7.41. The summed E-state index contributed by atoms with van der Waals surface area (Å²) in [4.78, 5) is 39.8. The Balaban J connectivity index is 2.21. The normalized spacial score (nSPS) is 18.3. The molecule has 0 saturated carbocycles. The monoisotopic (exact) mass is 429 g/mol. The van der Waals surface area contributed by atoms with E-state index in [1.165, 1.54) is 11.6 Å². The molecule has 1 aromatic rings. The highest BCUT2D eigenvalue weighted by Crippen LogP contribution is 2.17. The van der Waals surface area contributed by atoms with Gasteiger partial charge in [-0.2, -0.15) is 0 Å². The zero-order chi connectivity index (χ0) is 21.9. The van der Waals surface area contributed by atoms with Gasteiger partial charge >= 0.3 is 5.69 Å². The molecular weight excluding hydrogens is 398 g/mol. The fourth-order valence-corrected chi connectivity index (χ4v) is 4.14. The van der Waals surface area contributed by atoms with E-state index in [1.807, 2.05) is 18.7 Å². The number of Topliss-reactive ketones (excluding diaryl/α,β-unsaturated/α-hetero) is 1. The van der Waals surface area contributed by atoms with Crippen LogP contribution in [0, 0.1) is 11.8 Å². The zero-order valence-electron chi connectivity index (χ0n) is 17.5. The van der Waals surface area contributed by atoms with Crippen molar-refractivity contribution in [3.05, 3.63) is 26.4 Å². The van der Waals surface area contributed by atoms with Gasteiger partial charge in [-0.3, -0.25) is 23.6 Å². The highest BCUT2D eigenvalue weighted by molar-refractivity contribution is 7.88. The molecule has 0 spiro atoms. The van der Waals surface area contributed by atoms with E-state index in [0.717, 1.165) is 23.7 Å². The predicted molar refractivity (Wildman–Crippen MR) is 112 cm³/mol. The van der Waals surface area contributed by atoms with Gasteiger partial charge in [0.2, 0.25) is 10.0 Å². The van der Waals surface area contributed by atoms with Crippen LogP contribution in [0.25, 0.3) is 0 Å². The minimum absolute atomic E-state index is 0.00526. The van der Waals surface area contributed by atoms with Crippen molar-refractivity contribution in [1.82, 2.24) is 18.8 Å². The Morgan fingerprint density at radius 3 is 2.55 bits per heavy atom. The molecule has 2 rings (SSSR count). The maximum atomic E-state index is 12.9. The Morgan fingerprint density at radius 1 is 1.31 bits per heavy atom. The number of nitrogens with one attached hydrogen (secondary N) is 1. The van der Waals surface area contributed by atoms with E-state index in [1.54, 1.807) is 0 Å². The van der Waals surface area contributed by atoms with Crippen molar-refractivity contribution < 1.29 is 13.2 Å². The number of hydrogen-bond acceptors (Lipinski definition) is 7. The topological polar surface area (TPSA) is 136 Å². The maximum Gasteiger partial charge on any atom is 0.332 e. The van der Waals surface area contributed by atoms with Crippen LogP contribution in [0.3, 0.4) is 0 Å². The number of carbonyl (C=O) groups is 1. The first-order valence-corrected chi connectivity index (χ1v) is 11.6. The molecule has 1 unspecified atom stereocenters. The predicted octanol–water partition coefficient (Wildman–Crippen LogP) is -0.771. The van der Waals surface area contributed by atoms with Gasteiger partial charge in [0.25, 0.3) is 5.56 Å². The fraction of sp³-hybridized carbons (Fsp3) is 0.722. The molecule has 1 fully saturated rings. The van der Waals surface area contributed by atoms with E-state index >= 15 is 0 Å². The molecule has 1 aromatic heterocycles. The second kappa shape index (κ2) is 9.23. The first-order valence-electron chi connectivity index (χ1n) is 9.70. The number of piperidine rings is 1. The van der Waals surface area contributed by atoms with E-state index in [9.17, 15) is 22.8 Å². The van der Waals surface area contributed by atoms with Crippen molar-refractivity contribution in [1.29, 1.82) is 0 Å². The Bertz CT molecular complexity index is 980. The average Bonchev–Trinajstić information content (AvgIpc) is 2.61. The summed E-state index contributed by atoms with van der Waals surface area (Å²) >= 11 is 0. The molecule has 0 aliphatic carbocycles. The van der Waals surface area contributed by atoms with Crippen molar-refractivity contribution in [3.8, 4) is 0 Å². The summed E-state index contributed by atoms with van der Waals surface area (Å²) in [6.07, 6.45) is 2.79. The molecule has 29 heavy (non-hydrogen) atoms. The van der Waals surface area contributed by atoms with E-state index in [4.69, 9.17) is 5.73 Å². The number of ketones is 1. The third-order valence-electron chi connectivity index (χ3n) is 5.01. The molecule has 1 aliphatic heterocycles. The quantitative estimate of drug-likeness (QED) is 0.518. The van der Waals surface area contributed by atoms with Crippen molar-refractivity contribution in [2.24, 2.45) is 18.9 Å². The number of aromatic nitrogens is 2. The summed E-state index contributed by atoms with van der Waals surface area (Å²) in [5.74, 6) is -0.330. The molecule has 0 bridgehead atoms. The number of hydrogen-bond donors (Lipinski definition) is 2. The maximum absolute atomic E-state index is 12.9. The number of likely N-dealkylation sites (tertiary alicyclic amines) is 1. The molecule has 1 atom stereocenters. The lowest BCUT2D eigenvalue weighted by Gasteiger charge is -2.32. The summed E-state index contributed by atoms with van der Waals surface area (Å²) < 4.78 is 27.3. The average molecular weight is 430 g/mol. The van der Waals surface area contributed by atoms with Crippen LogP contribution in [0.5, 0.6) is 0 Å². The van der Waals surface area contributed by atoms with Crippen LogP contribution in [0.2, 0.25) is 0 Å². The molecule has 1 aliphatic rings. The number of nitrogen functional groups attached to an aromatic ring is 1. The standard InChI is InChI=1S/C18H31N5O5S/c1-12(2)9-23-16(19)15(17(25)21(3)18(23)26)14(24)11-22-7-5-6-13(10-22)8-20-29(4,27)28/h12-13,20H,5-11,19H2,1-4H3. The first-order chi connectivity index (χ1) is 13.4. The Labute approximate surface area is 170 Å². The number of rotatable bonds is 8. The lowest BCUT2D eigenvalue weighted by molar-refractivity contribution is 0.0885. The van der Waals surface area contributed by atoms with Crippen LogP contribution in [0.15, 0.2) is 9.59 Å². The van der Waals surface area contributed by atoms with E-state index in [2.05, 4.69) is 4.72 Å². The van der Waals surface area contributed by atoms with Gasteiger partial charge in [0.05, 0.1) is 12.8 Å². The molecule has 0 aromatic carbocycles. The summed E-state index contributed by atoms with van der Waals surface area (Å²) in [5, 5.41) is 0.